The first-order chi connectivity index (χ1) is 13.0. The lowest BCUT2D eigenvalue weighted by Gasteiger charge is -2.12. The molecule has 9 nitrogen and oxygen atoms in total. The van der Waals surface area contributed by atoms with E-state index in [1.165, 1.54) is 51.6 Å². The maximum atomic E-state index is 11.8. The zero-order chi connectivity index (χ0) is 19.6. The minimum atomic E-state index is -0.266. The third-order valence-electron chi connectivity index (χ3n) is 3.15. The molecule has 0 atom stereocenters. The van der Waals surface area contributed by atoms with Crippen molar-refractivity contribution in [3.8, 4) is 0 Å². The molecule has 0 aliphatic heterocycles. The lowest BCUT2D eigenvalue weighted by Crippen LogP contribution is -2.25. The number of amides is 1. The minimum Gasteiger partial charge on any atom is -0.287 e. The molecule has 0 fully saturated rings. The topological polar surface area (TPSA) is 111 Å². The molecule has 0 saturated carbocycles. The van der Waals surface area contributed by atoms with Gasteiger partial charge in [0, 0.05) is 42.5 Å². The van der Waals surface area contributed by atoms with Gasteiger partial charge in [-0.15, -0.1) is 0 Å². The summed E-state index contributed by atoms with van der Waals surface area (Å²) in [5.41, 5.74) is 1.22. The van der Waals surface area contributed by atoms with Gasteiger partial charge in [-0.1, -0.05) is 0 Å². The van der Waals surface area contributed by atoms with Crippen molar-refractivity contribution >= 4 is 27.6 Å². The van der Waals surface area contributed by atoms with Crippen molar-refractivity contribution in [2.45, 2.75) is 0 Å². The second kappa shape index (κ2) is 10.1. The molecule has 0 aliphatic rings. The van der Waals surface area contributed by atoms with E-state index < -0.39 is 0 Å². The van der Waals surface area contributed by atoms with Gasteiger partial charge in [-0.3, -0.25) is 19.4 Å². The number of carbonyl (C=O) groups excluding carboxylic acids is 2. The highest BCUT2D eigenvalue weighted by Crippen LogP contribution is 2.10. The highest BCUT2D eigenvalue weighted by molar-refractivity contribution is 9.10. The number of hydrogen-bond acceptors (Lipinski definition) is 8. The first-order valence-corrected chi connectivity index (χ1v) is 8.30. The summed E-state index contributed by atoms with van der Waals surface area (Å²) in [5.74, 6) is -0.443. The Morgan fingerprint density at radius 2 is 1.48 bits per heavy atom. The lowest BCUT2D eigenvalue weighted by atomic mass is 10.1. The smallest absolute Gasteiger partial charge is 0.280 e. The molecule has 3 rings (SSSR count). The zero-order valence-electron chi connectivity index (χ0n) is 14.5. The molecule has 0 aliphatic carbocycles. The zero-order valence-corrected chi connectivity index (χ0v) is 16.1. The van der Waals surface area contributed by atoms with Crippen LogP contribution < -0.4 is 0 Å². The molecule has 138 valence electrons. The predicted molar refractivity (Wildman–Crippen MR) is 98.5 cm³/mol. The van der Waals surface area contributed by atoms with Gasteiger partial charge in [0.05, 0.1) is 18.2 Å². The summed E-state index contributed by atoms with van der Waals surface area (Å²) in [6, 6.07) is 3.42. The summed E-state index contributed by atoms with van der Waals surface area (Å²) >= 11 is 3.25. The Kier molecular flexibility index (Phi) is 7.59. The van der Waals surface area contributed by atoms with E-state index in [9.17, 15) is 9.59 Å². The number of hydroxylamine groups is 2. The first-order valence-electron chi connectivity index (χ1n) is 7.51. The van der Waals surface area contributed by atoms with E-state index in [1.807, 2.05) is 0 Å². The SMILES string of the molecule is CON(C)C(=O)c1cncnc1.O=C(c1cncnc1)c1ccc(Br)cn1. The summed E-state index contributed by atoms with van der Waals surface area (Å²) in [6.45, 7) is 0. The number of rotatable bonds is 4. The minimum absolute atomic E-state index is 0.178. The third kappa shape index (κ3) is 5.97. The highest BCUT2D eigenvalue weighted by atomic mass is 79.9. The number of aromatic nitrogens is 5. The Morgan fingerprint density at radius 1 is 0.926 bits per heavy atom. The molecule has 3 aromatic rings. The van der Waals surface area contributed by atoms with Crippen LogP contribution in [0.15, 0.2) is 60.2 Å². The van der Waals surface area contributed by atoms with Crippen LogP contribution >= 0.6 is 15.9 Å². The Hall–Kier alpha value is -3.11. The molecule has 0 bridgehead atoms. The fraction of sp³-hybridized carbons (Fsp3) is 0.118. The maximum absolute atomic E-state index is 11.8. The normalized spacial score (nSPS) is 9.74. The van der Waals surface area contributed by atoms with Crippen molar-refractivity contribution in [3.05, 3.63) is 77.1 Å². The van der Waals surface area contributed by atoms with E-state index in [4.69, 9.17) is 4.84 Å². The van der Waals surface area contributed by atoms with Crippen LogP contribution in [-0.4, -0.2) is 55.8 Å². The highest BCUT2D eigenvalue weighted by Gasteiger charge is 2.11. The lowest BCUT2D eigenvalue weighted by molar-refractivity contribution is -0.0757. The summed E-state index contributed by atoms with van der Waals surface area (Å²) in [5, 5.41) is 1.11. The summed E-state index contributed by atoms with van der Waals surface area (Å²) < 4.78 is 0.836. The van der Waals surface area contributed by atoms with Crippen molar-refractivity contribution in [1.82, 2.24) is 30.0 Å². The monoisotopic (exact) mass is 430 g/mol. The van der Waals surface area contributed by atoms with E-state index in [-0.39, 0.29) is 11.7 Å². The van der Waals surface area contributed by atoms with Crippen LogP contribution in [0.25, 0.3) is 0 Å². The molecule has 0 unspecified atom stereocenters. The molecular formula is C17H15BrN6O3. The molecular weight excluding hydrogens is 416 g/mol. The van der Waals surface area contributed by atoms with E-state index in [2.05, 4.69) is 40.8 Å². The molecule has 0 aromatic carbocycles. The maximum Gasteiger partial charge on any atom is 0.280 e. The van der Waals surface area contributed by atoms with Crippen molar-refractivity contribution in [3.63, 3.8) is 0 Å². The number of nitrogens with zero attached hydrogens (tertiary/aromatic N) is 6. The molecule has 1 amide bonds. The fourth-order valence-electron chi connectivity index (χ4n) is 1.75. The van der Waals surface area contributed by atoms with Gasteiger partial charge in [0.1, 0.15) is 18.3 Å². The molecule has 10 heteroatoms. The van der Waals surface area contributed by atoms with Gasteiger partial charge in [-0.2, -0.15) is 0 Å². The summed E-state index contributed by atoms with van der Waals surface area (Å²) in [7, 11) is 2.94. The van der Waals surface area contributed by atoms with Gasteiger partial charge in [0.15, 0.2) is 0 Å². The average Bonchev–Trinajstić information content (AvgIpc) is 2.74. The van der Waals surface area contributed by atoms with Gasteiger partial charge in [0.25, 0.3) is 5.91 Å². The fourth-order valence-corrected chi connectivity index (χ4v) is 1.98. The average molecular weight is 431 g/mol. The van der Waals surface area contributed by atoms with Crippen LogP contribution in [0.1, 0.15) is 26.4 Å². The largest absolute Gasteiger partial charge is 0.287 e. The van der Waals surface area contributed by atoms with E-state index >= 15 is 0 Å². The van der Waals surface area contributed by atoms with Crippen LogP contribution in [0.2, 0.25) is 0 Å². The summed E-state index contributed by atoms with van der Waals surface area (Å²) in [6.07, 6.45) is 10.1. The molecule has 0 radical (unpaired) electrons. The van der Waals surface area contributed by atoms with E-state index in [0.29, 0.717) is 16.8 Å². The van der Waals surface area contributed by atoms with Gasteiger partial charge in [-0.05, 0) is 28.1 Å². The molecule has 3 heterocycles. The van der Waals surface area contributed by atoms with E-state index in [1.54, 1.807) is 18.3 Å². The van der Waals surface area contributed by atoms with Crippen LogP contribution in [-0.2, 0) is 4.84 Å². The Balaban J connectivity index is 0.000000199. The van der Waals surface area contributed by atoms with E-state index in [0.717, 1.165) is 9.54 Å². The van der Waals surface area contributed by atoms with Crippen molar-refractivity contribution in [2.24, 2.45) is 0 Å². The summed E-state index contributed by atoms with van der Waals surface area (Å²) in [4.78, 5) is 46.8. The molecule has 0 N–H and O–H groups in total. The Labute approximate surface area is 163 Å². The second-order valence-corrected chi connectivity index (χ2v) is 5.85. The first kappa shape index (κ1) is 20.2. The number of halogens is 1. The van der Waals surface area contributed by atoms with Crippen LogP contribution in [0.5, 0.6) is 0 Å². The second-order valence-electron chi connectivity index (χ2n) is 4.93. The number of ketones is 1. The van der Waals surface area contributed by atoms with Gasteiger partial charge in [-0.25, -0.2) is 25.0 Å². The molecule has 3 aromatic heterocycles. The van der Waals surface area contributed by atoms with Crippen LogP contribution in [0.3, 0.4) is 0 Å². The third-order valence-corrected chi connectivity index (χ3v) is 3.62. The number of carbonyl (C=O) groups is 2. The molecule has 0 spiro atoms. The van der Waals surface area contributed by atoms with Crippen molar-refractivity contribution < 1.29 is 14.4 Å². The predicted octanol–water partition coefficient (Wildman–Crippen LogP) is 1.98. The standard InChI is InChI=1S/C10H6BrN3O.C7H9N3O2/c11-8-1-2-9(14-5-8)10(15)7-3-12-6-13-4-7;1-10(12-2)7(11)6-3-8-5-9-4-6/h1-6H;3-5H,1-2H3. The van der Waals surface area contributed by atoms with Gasteiger partial charge >= 0.3 is 0 Å². The molecule has 0 saturated heterocycles. The van der Waals surface area contributed by atoms with Crippen LogP contribution in [0, 0.1) is 0 Å². The van der Waals surface area contributed by atoms with Gasteiger partial charge in [0.2, 0.25) is 5.78 Å². The Bertz CT molecular complexity index is 878. The van der Waals surface area contributed by atoms with Crippen LogP contribution in [0.4, 0.5) is 0 Å². The Morgan fingerprint density at radius 3 is 1.96 bits per heavy atom. The molecule has 27 heavy (non-hydrogen) atoms. The van der Waals surface area contributed by atoms with Gasteiger partial charge < -0.3 is 0 Å². The quantitative estimate of drug-likeness (QED) is 0.456. The van der Waals surface area contributed by atoms with Crippen molar-refractivity contribution in [1.29, 1.82) is 0 Å². The number of hydrogen-bond donors (Lipinski definition) is 0. The van der Waals surface area contributed by atoms with Crippen molar-refractivity contribution in [2.75, 3.05) is 14.2 Å². The number of pyridine rings is 1.